The number of aliphatic hydroxyl groups is 1. The summed E-state index contributed by atoms with van der Waals surface area (Å²) in [5.74, 6) is 0.157. The maximum Gasteiger partial charge on any atom is 0.573 e. The summed E-state index contributed by atoms with van der Waals surface area (Å²) in [6.07, 6.45) is -5.45. The van der Waals surface area contributed by atoms with Crippen molar-refractivity contribution in [1.29, 1.82) is 0 Å². The van der Waals surface area contributed by atoms with E-state index in [4.69, 9.17) is 0 Å². The number of halogens is 3. The monoisotopic (exact) mass is 322 g/mol. The number of hydrogen-bond acceptors (Lipinski definition) is 3. The number of para-hydroxylation sites is 1. The highest BCUT2D eigenvalue weighted by atomic mass is 19.4. The predicted molar refractivity (Wildman–Crippen MR) is 78.8 cm³/mol. The fraction of sp³-hybridized carbons (Fsp3) is 0.188. The van der Waals surface area contributed by atoms with Gasteiger partial charge in [0.15, 0.2) is 0 Å². The Morgan fingerprint density at radius 3 is 2.43 bits per heavy atom. The third-order valence-electron chi connectivity index (χ3n) is 3.33. The van der Waals surface area contributed by atoms with Gasteiger partial charge >= 0.3 is 6.36 Å². The van der Waals surface area contributed by atoms with Gasteiger partial charge in [0.25, 0.3) is 0 Å². The van der Waals surface area contributed by atoms with Gasteiger partial charge in [-0.3, -0.25) is 0 Å². The lowest BCUT2D eigenvalue weighted by Crippen LogP contribution is -2.16. The summed E-state index contributed by atoms with van der Waals surface area (Å²) in [4.78, 5) is 7.37. The third kappa shape index (κ3) is 3.29. The summed E-state index contributed by atoms with van der Waals surface area (Å²) in [5.41, 5.74) is 2.85. The topological polar surface area (TPSA) is 58.1 Å². The zero-order chi connectivity index (χ0) is 16.6. The average molecular weight is 322 g/mol. The number of nitrogens with one attached hydrogen (secondary N) is 1. The second-order valence-electron chi connectivity index (χ2n) is 5.07. The van der Waals surface area contributed by atoms with Crippen LogP contribution in [0.1, 0.15) is 18.9 Å². The van der Waals surface area contributed by atoms with Gasteiger partial charge in [0, 0.05) is 5.56 Å². The van der Waals surface area contributed by atoms with Crippen LogP contribution >= 0.6 is 0 Å². The van der Waals surface area contributed by atoms with Gasteiger partial charge < -0.3 is 14.8 Å². The molecule has 2 N–H and O–H groups in total. The molecule has 7 heteroatoms. The second-order valence-corrected chi connectivity index (χ2v) is 5.07. The van der Waals surface area contributed by atoms with E-state index in [0.717, 1.165) is 11.1 Å². The number of H-pyrrole nitrogens is 1. The van der Waals surface area contributed by atoms with Gasteiger partial charge in [-0.1, -0.05) is 24.3 Å². The molecule has 23 heavy (non-hydrogen) atoms. The lowest BCUT2D eigenvalue weighted by molar-refractivity contribution is -0.274. The highest BCUT2D eigenvalue weighted by Crippen LogP contribution is 2.30. The van der Waals surface area contributed by atoms with Crippen molar-refractivity contribution < 1.29 is 23.0 Å². The fourth-order valence-corrected chi connectivity index (χ4v) is 2.32. The van der Waals surface area contributed by atoms with E-state index in [-0.39, 0.29) is 5.75 Å². The van der Waals surface area contributed by atoms with Gasteiger partial charge in [-0.15, -0.1) is 13.2 Å². The molecule has 3 rings (SSSR count). The third-order valence-corrected chi connectivity index (χ3v) is 3.33. The zero-order valence-corrected chi connectivity index (χ0v) is 12.1. The number of aromatic nitrogens is 2. The lowest BCUT2D eigenvalue weighted by atomic mass is 10.0. The number of imidazole rings is 1. The van der Waals surface area contributed by atoms with Crippen LogP contribution in [0.2, 0.25) is 0 Å². The average Bonchev–Trinajstić information content (AvgIpc) is 2.90. The highest BCUT2D eigenvalue weighted by molar-refractivity contribution is 5.92. The van der Waals surface area contributed by atoms with Crippen LogP contribution in [0.25, 0.3) is 22.2 Å². The van der Waals surface area contributed by atoms with Crippen LogP contribution < -0.4 is 4.74 Å². The van der Waals surface area contributed by atoms with Crippen molar-refractivity contribution in [3.63, 3.8) is 0 Å². The Balaban J connectivity index is 2.00. The Kier molecular flexibility index (Phi) is 3.73. The molecule has 0 amide bonds. The summed E-state index contributed by atoms with van der Waals surface area (Å²) in [7, 11) is 0. The molecule has 1 aromatic heterocycles. The van der Waals surface area contributed by atoms with E-state index in [0.29, 0.717) is 16.9 Å². The van der Waals surface area contributed by atoms with Crippen LogP contribution in [0.15, 0.2) is 42.5 Å². The van der Waals surface area contributed by atoms with E-state index in [9.17, 15) is 18.3 Å². The summed E-state index contributed by atoms with van der Waals surface area (Å²) in [5, 5.41) is 9.61. The van der Waals surface area contributed by atoms with E-state index in [2.05, 4.69) is 14.7 Å². The number of alkyl halides is 3. The number of ether oxygens (including phenoxy) is 1. The molecule has 0 aliphatic carbocycles. The molecule has 4 nitrogen and oxygen atoms in total. The minimum atomic E-state index is -4.71. The molecule has 0 aliphatic heterocycles. The number of aromatic amines is 1. The van der Waals surface area contributed by atoms with Crippen molar-refractivity contribution in [2.75, 3.05) is 0 Å². The van der Waals surface area contributed by atoms with E-state index in [1.165, 1.54) is 24.3 Å². The molecule has 1 unspecified atom stereocenters. The van der Waals surface area contributed by atoms with Crippen LogP contribution in [0, 0.1) is 0 Å². The number of fused-ring (bicyclic) bond motifs is 1. The number of aliphatic hydroxyl groups excluding tert-OH is 1. The number of benzene rings is 2. The number of hydrogen-bond donors (Lipinski definition) is 2. The maximum absolute atomic E-state index is 12.2. The molecule has 1 heterocycles. The van der Waals surface area contributed by atoms with Crippen LogP contribution in [0.4, 0.5) is 13.2 Å². The quantitative estimate of drug-likeness (QED) is 0.760. The Labute approximate surface area is 129 Å². The molecule has 1 atom stereocenters. The van der Waals surface area contributed by atoms with Crippen molar-refractivity contribution in [3.8, 4) is 16.9 Å². The van der Waals surface area contributed by atoms with Crippen LogP contribution in [-0.4, -0.2) is 21.4 Å². The molecule has 0 aliphatic rings. The highest BCUT2D eigenvalue weighted by Gasteiger charge is 2.31. The Bertz CT molecular complexity index is 823. The first kappa shape index (κ1) is 15.4. The van der Waals surface area contributed by atoms with Crippen molar-refractivity contribution >= 4 is 11.0 Å². The van der Waals surface area contributed by atoms with Crippen LogP contribution in [0.3, 0.4) is 0 Å². The minimum Gasteiger partial charge on any atom is -0.406 e. The van der Waals surface area contributed by atoms with Gasteiger partial charge in [-0.2, -0.15) is 0 Å². The first-order valence-corrected chi connectivity index (χ1v) is 6.86. The summed E-state index contributed by atoms with van der Waals surface area (Å²) >= 11 is 0. The first-order chi connectivity index (χ1) is 10.8. The Hall–Kier alpha value is -2.54. The van der Waals surface area contributed by atoms with Crippen molar-refractivity contribution in [2.45, 2.75) is 19.4 Å². The Morgan fingerprint density at radius 2 is 1.83 bits per heavy atom. The molecule has 0 bridgehead atoms. The Morgan fingerprint density at radius 1 is 1.13 bits per heavy atom. The fourth-order valence-electron chi connectivity index (χ4n) is 2.32. The first-order valence-electron chi connectivity index (χ1n) is 6.86. The van der Waals surface area contributed by atoms with E-state index >= 15 is 0 Å². The predicted octanol–water partition coefficient (Wildman–Crippen LogP) is 4.18. The van der Waals surface area contributed by atoms with Crippen molar-refractivity contribution in [2.24, 2.45) is 0 Å². The van der Waals surface area contributed by atoms with E-state index in [1.54, 1.807) is 6.92 Å². The van der Waals surface area contributed by atoms with Gasteiger partial charge in [-0.25, -0.2) is 4.98 Å². The molecule has 3 aromatic rings. The standard InChI is InChI=1S/C16H13F3N2O2/c1-9(22)15-20-13-4-2-3-12(14(13)21-15)10-5-7-11(8-6-10)23-16(17,18)19/h2-9,22H,1H3,(H,20,21). The summed E-state index contributed by atoms with van der Waals surface area (Å²) in [6, 6.07) is 11.0. The molecule has 120 valence electrons. The van der Waals surface area contributed by atoms with Gasteiger partial charge in [0.1, 0.15) is 17.7 Å². The lowest BCUT2D eigenvalue weighted by Gasteiger charge is -2.09. The number of nitrogens with zero attached hydrogens (tertiary/aromatic N) is 1. The van der Waals surface area contributed by atoms with Crippen LogP contribution in [-0.2, 0) is 0 Å². The van der Waals surface area contributed by atoms with Crippen LogP contribution in [0.5, 0.6) is 5.75 Å². The molecule has 0 saturated heterocycles. The maximum atomic E-state index is 12.2. The minimum absolute atomic E-state index is 0.278. The van der Waals surface area contributed by atoms with E-state index < -0.39 is 12.5 Å². The molecule has 0 spiro atoms. The molecule has 0 radical (unpaired) electrons. The summed E-state index contributed by atoms with van der Waals surface area (Å²) in [6.45, 7) is 1.60. The zero-order valence-electron chi connectivity index (χ0n) is 12.1. The largest absolute Gasteiger partial charge is 0.573 e. The van der Waals surface area contributed by atoms with Crippen molar-refractivity contribution in [3.05, 3.63) is 48.3 Å². The summed E-state index contributed by atoms with van der Waals surface area (Å²) < 4.78 is 40.4. The molecular formula is C16H13F3N2O2. The molecule has 0 fully saturated rings. The second kappa shape index (κ2) is 5.58. The smallest absolute Gasteiger partial charge is 0.406 e. The van der Waals surface area contributed by atoms with E-state index in [1.807, 2.05) is 18.2 Å². The van der Waals surface area contributed by atoms with Crippen molar-refractivity contribution in [1.82, 2.24) is 9.97 Å². The van der Waals surface area contributed by atoms with Gasteiger partial charge in [-0.05, 0) is 30.7 Å². The van der Waals surface area contributed by atoms with Gasteiger partial charge in [0.05, 0.1) is 11.0 Å². The normalized spacial score (nSPS) is 13.3. The molecular weight excluding hydrogens is 309 g/mol. The SMILES string of the molecule is CC(O)c1nc2c(-c3ccc(OC(F)(F)F)cc3)cccc2[nH]1. The molecule has 2 aromatic carbocycles. The van der Waals surface area contributed by atoms with Gasteiger partial charge in [0.2, 0.25) is 0 Å². The number of rotatable bonds is 3. The molecule has 0 saturated carbocycles.